The minimum atomic E-state index is -0.838. The van der Waals surface area contributed by atoms with Crippen LogP contribution in [0, 0.1) is 6.92 Å². The van der Waals surface area contributed by atoms with Gasteiger partial charge in [-0.2, -0.15) is 0 Å². The molecular formula is C105H129Br4Cl3K2MgN4O10. The Labute approximate surface area is 923 Å². The second-order valence-corrected chi connectivity index (χ2v) is 36.4. The van der Waals surface area contributed by atoms with E-state index in [1.165, 1.54) is 11.1 Å². The van der Waals surface area contributed by atoms with Crippen LogP contribution < -0.4 is 131 Å². The van der Waals surface area contributed by atoms with Crippen molar-refractivity contribution in [2.75, 3.05) is 31.4 Å². The molecule has 0 aliphatic carbocycles. The number of hydrogen-bond donors (Lipinski definition) is 4. The van der Waals surface area contributed by atoms with Crippen molar-refractivity contribution in [3.63, 3.8) is 0 Å². The Hall–Kier alpha value is -4.14. The van der Waals surface area contributed by atoms with Gasteiger partial charge in [-0.1, -0.05) is 306 Å². The summed E-state index contributed by atoms with van der Waals surface area (Å²) >= 11 is 24.9. The van der Waals surface area contributed by atoms with Crippen molar-refractivity contribution in [1.82, 2.24) is 15.1 Å². The topological polar surface area (TPSA) is 204 Å². The number of ketones is 1. The number of amides is 2. The van der Waals surface area contributed by atoms with E-state index >= 15 is 0 Å². The monoisotopic (exact) mass is 2130 g/mol. The van der Waals surface area contributed by atoms with Crippen LogP contribution in [0.1, 0.15) is 233 Å². The first-order valence-electron chi connectivity index (χ1n) is 42.1. The van der Waals surface area contributed by atoms with E-state index in [2.05, 4.69) is 159 Å². The number of Topliss-reactive ketones (excluding diaryl/α,β-unsaturated/α-hetero) is 1. The fourth-order valence-corrected chi connectivity index (χ4v) is 15.8. The van der Waals surface area contributed by atoms with Crippen LogP contribution in [0.2, 0.25) is 0 Å². The summed E-state index contributed by atoms with van der Waals surface area (Å²) in [6, 6.07) is 82.1. The maximum Gasteiger partial charge on any atom is 2.00 e. The first-order chi connectivity index (χ1) is 59.5. The number of nitrogens with two attached hydrogens (primary N) is 1. The number of carbonyl (C=O) groups is 4. The summed E-state index contributed by atoms with van der Waals surface area (Å²) in [6.45, 7) is 43.0. The Bertz CT molecular complexity index is 4570. The number of benzene rings is 9. The second-order valence-electron chi connectivity index (χ2n) is 32.0. The van der Waals surface area contributed by atoms with E-state index in [4.69, 9.17) is 48.5 Å². The van der Waals surface area contributed by atoms with Gasteiger partial charge in [0.05, 0.1) is 23.3 Å². The average Bonchev–Trinajstić information content (AvgIpc) is 1.59. The van der Waals surface area contributed by atoms with Gasteiger partial charge in [-0.15, -0.1) is 36.4 Å². The van der Waals surface area contributed by atoms with E-state index in [1.807, 2.05) is 276 Å². The van der Waals surface area contributed by atoms with Gasteiger partial charge in [0.25, 0.3) is 6.47 Å². The van der Waals surface area contributed by atoms with Crippen molar-refractivity contribution in [3.8, 4) is 0 Å². The molecule has 0 spiro atoms. The maximum atomic E-state index is 13.1. The molecule has 9 aromatic rings. The van der Waals surface area contributed by atoms with Crippen molar-refractivity contribution in [2.24, 2.45) is 5.73 Å². The molecule has 2 amide bonds. The predicted octanol–water partition coefficient (Wildman–Crippen LogP) is 18.7. The molecule has 2 heterocycles. The molecule has 2 aliphatic heterocycles. The molecule has 0 aromatic heterocycles. The van der Waals surface area contributed by atoms with Crippen LogP contribution in [0.4, 0.5) is 9.59 Å². The molecule has 14 nitrogen and oxygen atoms in total. The molecule has 5 N–H and O–H groups in total. The van der Waals surface area contributed by atoms with Gasteiger partial charge >= 0.3 is 138 Å². The zero-order valence-electron chi connectivity index (χ0n) is 78.2. The molecule has 2 saturated heterocycles. The normalized spacial score (nSPS) is 15.8. The summed E-state index contributed by atoms with van der Waals surface area (Å²) in [4.78, 5) is 52.5. The molecule has 2 fully saturated rings. The third-order valence-electron chi connectivity index (χ3n) is 20.6. The predicted molar refractivity (Wildman–Crippen MR) is 536 cm³/mol. The van der Waals surface area contributed by atoms with E-state index < -0.39 is 22.4 Å². The zero-order chi connectivity index (χ0) is 92.6. The molecule has 24 heteroatoms. The second kappa shape index (κ2) is 68.0. The Morgan fingerprint density at radius 2 is 0.837 bits per heavy atom. The zero-order valence-corrected chi connectivity index (χ0v) is 93.5. The summed E-state index contributed by atoms with van der Waals surface area (Å²) in [5.74, 6) is 1.31. The van der Waals surface area contributed by atoms with Crippen molar-refractivity contribution >= 4 is 134 Å². The molecule has 0 bridgehead atoms. The van der Waals surface area contributed by atoms with Gasteiger partial charge in [0.2, 0.25) is 0 Å². The summed E-state index contributed by atoms with van der Waals surface area (Å²) < 4.78 is 16.6. The van der Waals surface area contributed by atoms with E-state index in [9.17, 15) is 24.6 Å². The molecule has 9 aromatic carbocycles. The van der Waals surface area contributed by atoms with E-state index in [0.29, 0.717) is 75.8 Å². The SMILES string of the molecule is C=C(C)CC(O)(CCCCl)c1ccccc1.C=C(C)CC(O)(CCCN[C@@H](C)c1ccc(Br)cc1)c1ccccc1.C=C(C)C[C@@]1(c2ccccc2)CCCN([C@@H](C)c2ccc(Br)cc2)C(=O)O1.C=C(C)C[C@]1(c2ccccc2)CCCN([C@@H](C)c2ccc(Br)cc2)C(=O)O1.C=C([CH2-])C.C[C@H](N)c1ccc(Br)cc1.O=C(CCCCl)c1ccccc1.O=CO[O-].[Cl-].[H-].[K+].[K+].[Mg+2]. The van der Waals surface area contributed by atoms with Gasteiger partial charge in [0.15, 0.2) is 5.78 Å². The van der Waals surface area contributed by atoms with Crippen LogP contribution in [0.3, 0.4) is 0 Å². The number of ether oxygens (including phenoxy) is 2. The summed E-state index contributed by atoms with van der Waals surface area (Å²) in [5, 5.41) is 33.8. The molecule has 129 heavy (non-hydrogen) atoms. The first kappa shape index (κ1) is 125. The molecular weight excluding hydrogens is 2010 g/mol. The Kier molecular flexibility index (Phi) is 65.8. The van der Waals surface area contributed by atoms with Crippen molar-refractivity contribution in [2.45, 2.75) is 199 Å². The number of nitrogens with one attached hydrogen (secondary N) is 1. The van der Waals surface area contributed by atoms with Crippen molar-refractivity contribution in [1.29, 1.82) is 0 Å². The molecule has 2 unspecified atom stereocenters. The molecule has 682 valence electrons. The van der Waals surface area contributed by atoms with Crippen LogP contribution >= 0.6 is 86.9 Å². The van der Waals surface area contributed by atoms with Crippen molar-refractivity contribution in [3.05, 3.63) is 384 Å². The van der Waals surface area contributed by atoms with E-state index in [-0.39, 0.29) is 182 Å². The number of hydrogen-bond acceptors (Lipinski definition) is 12. The average molecular weight is 2140 g/mol. The van der Waals surface area contributed by atoms with Crippen LogP contribution in [-0.2, 0) is 41.6 Å². The summed E-state index contributed by atoms with van der Waals surface area (Å²) in [5.41, 5.74) is 17.1. The molecule has 0 saturated carbocycles. The number of aliphatic hydroxyl groups is 2. The molecule has 2 aliphatic rings. The number of alkyl halides is 2. The molecule has 8 atom stereocenters. The Morgan fingerprint density at radius 1 is 0.535 bits per heavy atom. The van der Waals surface area contributed by atoms with Crippen LogP contribution in [0.25, 0.3) is 0 Å². The number of allylic oxidation sites excluding steroid dienone is 1. The van der Waals surface area contributed by atoms with Crippen LogP contribution in [-0.4, -0.2) is 98.9 Å². The maximum absolute atomic E-state index is 13.1. The Morgan fingerprint density at radius 3 is 1.14 bits per heavy atom. The quantitative estimate of drug-likeness (QED) is 0.00369. The third-order valence-corrected chi connectivity index (χ3v) is 23.2. The van der Waals surface area contributed by atoms with Crippen LogP contribution in [0.15, 0.2) is 327 Å². The van der Waals surface area contributed by atoms with E-state index in [1.54, 1.807) is 0 Å². The summed E-state index contributed by atoms with van der Waals surface area (Å²) in [7, 11) is 0. The van der Waals surface area contributed by atoms with Gasteiger partial charge < -0.3 is 64.5 Å². The minimum Gasteiger partial charge on any atom is -1.00 e. The van der Waals surface area contributed by atoms with Crippen molar-refractivity contribution < 1.29 is 166 Å². The standard InChI is InChI=1S/2C23H26BrNO2.C22H28BrNO.C14H19ClO.C10H11ClO.C8H10BrN.C4H7.CH2O3.ClH.2K.Mg.H/c2*1-17(2)16-23(20-8-5-4-6-9-20)14-7-15-25(22(26)27-23)18(3)19-10-12-21(24)13-11-19;1-17(2)16-22(25,20-8-5-4-6-9-20)14-7-15-24-18(3)19-10-12-21(23)13-11-19;1-12(2)11-14(16,9-6-10-15)13-7-4-3-5-8-13;11-8-4-7-10(12)9-5-2-1-3-6-9;1-6(10)7-2-4-8(9)5-3-7;1-4(2)3;2-1-4-3;;;;;/h2*4-6,8-13,18H,1,7,14-16H2,2-3H3;4-6,8-13,18,24-25H,1,7,14-16H2,2-3H3;3-5,7-8,16H,1,6,9-11H2,2H3;1-3,5-6H,4,7-8H2;2-6H,10H2,1H3;1-2H2,3H3;1,3H;1H;;;;/q;;;;;;-1;;;2*+1;+2;-1/p-2/t18-,23+;18-,23-;18-,22?;;;6-;;;;;;;/m000..0......./s1. The number of nitrogens with zero attached hydrogens (tertiary/aromatic N) is 2. The largest absolute Gasteiger partial charge is 2.00 e. The van der Waals surface area contributed by atoms with Crippen LogP contribution in [0.5, 0.6) is 0 Å². The fraction of sp³-hybridized carbons (Fsp3) is 0.343. The summed E-state index contributed by atoms with van der Waals surface area (Å²) in [6.07, 6.45) is 9.71. The third kappa shape index (κ3) is 47.0. The number of cyclic esters (lactones) is 2. The van der Waals surface area contributed by atoms with Gasteiger partial charge in [-0.25, -0.2) is 28.7 Å². The van der Waals surface area contributed by atoms with Gasteiger partial charge in [0.1, 0.15) is 11.2 Å². The Balaban J connectivity index is 0. The number of rotatable bonds is 31. The van der Waals surface area contributed by atoms with E-state index in [0.717, 1.165) is 136 Å². The van der Waals surface area contributed by atoms with Gasteiger partial charge in [-0.3, -0.25) is 9.59 Å². The number of halogens is 7. The fourth-order valence-electron chi connectivity index (χ4n) is 14.5. The first-order valence-corrected chi connectivity index (χ1v) is 46.4. The van der Waals surface area contributed by atoms with Gasteiger partial charge in [-0.05, 0) is 213 Å². The smallest absolute Gasteiger partial charge is 1.00 e. The minimum absolute atomic E-state index is 0. The molecule has 0 radical (unpaired) electrons. The molecule has 11 rings (SSSR count). The number of carbonyl (C=O) groups excluding carboxylic acids is 4. The van der Waals surface area contributed by atoms with Gasteiger partial charge in [0, 0.05) is 92.5 Å².